The molecule has 0 atom stereocenters. The molecule has 0 unspecified atom stereocenters. The van der Waals surface area contributed by atoms with Crippen LogP contribution in [-0.2, 0) is 0 Å². The molecule has 1 amide bonds. The largest absolute Gasteiger partial charge is 0.430 e. The van der Waals surface area contributed by atoms with Gasteiger partial charge in [-0.05, 0) is 19.0 Å². The van der Waals surface area contributed by atoms with Crippen LogP contribution < -0.4 is 5.63 Å². The summed E-state index contributed by atoms with van der Waals surface area (Å²) in [6.07, 6.45) is 2.09. The summed E-state index contributed by atoms with van der Waals surface area (Å²) in [7, 11) is 0. The summed E-state index contributed by atoms with van der Waals surface area (Å²) in [4.78, 5) is 27.0. The zero-order valence-corrected chi connectivity index (χ0v) is 10.7. The summed E-state index contributed by atoms with van der Waals surface area (Å²) < 4.78 is 4.71. The van der Waals surface area contributed by atoms with E-state index in [2.05, 4.69) is 4.90 Å². The average molecular weight is 266 g/mol. The van der Waals surface area contributed by atoms with E-state index in [1.807, 2.05) is 0 Å². The number of β-amino-alcohol motifs (C(OH)–C–C–N with tert-alkyl or cyclic N) is 1. The fraction of sp³-hybridized carbons (Fsp3) is 0.538. The molecular formula is C13H18N2O4. The van der Waals surface area contributed by atoms with Crippen LogP contribution in [0.3, 0.4) is 0 Å². The third-order valence-electron chi connectivity index (χ3n) is 3.24. The first-order chi connectivity index (χ1) is 9.20. The number of carbonyl (C=O) groups excluding carboxylic acids is 1. The SMILES string of the molecule is O=C(c1ccc(=O)oc1)N1CCCN(CCO)CC1. The van der Waals surface area contributed by atoms with Crippen LogP contribution in [0.25, 0.3) is 0 Å². The molecule has 6 nitrogen and oxygen atoms in total. The Morgan fingerprint density at radius 2 is 2.11 bits per heavy atom. The molecule has 2 heterocycles. The number of aliphatic hydroxyl groups is 1. The molecule has 0 bridgehead atoms. The Balaban J connectivity index is 1.99. The molecule has 19 heavy (non-hydrogen) atoms. The van der Waals surface area contributed by atoms with Gasteiger partial charge in [0.05, 0.1) is 12.2 Å². The molecule has 2 rings (SSSR count). The van der Waals surface area contributed by atoms with Crippen LogP contribution >= 0.6 is 0 Å². The van der Waals surface area contributed by atoms with Crippen LogP contribution in [0.15, 0.2) is 27.6 Å². The van der Waals surface area contributed by atoms with Crippen molar-refractivity contribution in [2.45, 2.75) is 6.42 Å². The third kappa shape index (κ3) is 3.65. The van der Waals surface area contributed by atoms with Crippen LogP contribution in [0, 0.1) is 0 Å². The number of nitrogens with zero attached hydrogens (tertiary/aromatic N) is 2. The van der Waals surface area contributed by atoms with E-state index in [9.17, 15) is 9.59 Å². The van der Waals surface area contributed by atoms with Crippen LogP contribution in [0.4, 0.5) is 0 Å². The van der Waals surface area contributed by atoms with Crippen molar-refractivity contribution >= 4 is 5.91 Å². The lowest BCUT2D eigenvalue weighted by Gasteiger charge is -2.21. The fourth-order valence-corrected chi connectivity index (χ4v) is 2.20. The number of hydrogen-bond acceptors (Lipinski definition) is 5. The summed E-state index contributed by atoms with van der Waals surface area (Å²) in [5.41, 5.74) is -0.0586. The van der Waals surface area contributed by atoms with E-state index in [0.29, 0.717) is 25.2 Å². The van der Waals surface area contributed by atoms with Crippen molar-refractivity contribution < 1.29 is 14.3 Å². The maximum Gasteiger partial charge on any atom is 0.335 e. The van der Waals surface area contributed by atoms with Crippen LogP contribution in [-0.4, -0.2) is 60.1 Å². The molecule has 1 N–H and O–H groups in total. The normalized spacial score (nSPS) is 17.2. The van der Waals surface area contributed by atoms with Crippen molar-refractivity contribution in [3.8, 4) is 0 Å². The van der Waals surface area contributed by atoms with E-state index in [-0.39, 0.29) is 12.5 Å². The van der Waals surface area contributed by atoms with Crippen molar-refractivity contribution in [1.82, 2.24) is 9.80 Å². The summed E-state index contributed by atoms with van der Waals surface area (Å²) >= 11 is 0. The highest BCUT2D eigenvalue weighted by Crippen LogP contribution is 2.08. The molecule has 6 heteroatoms. The molecule has 1 aliphatic rings. The number of amides is 1. The topological polar surface area (TPSA) is 74.0 Å². The molecular weight excluding hydrogens is 248 g/mol. The standard InChI is InChI=1S/C13H18N2O4/c16-9-8-14-4-1-5-15(7-6-14)13(18)11-2-3-12(17)19-10-11/h2-3,10,16H,1,4-9H2. The van der Waals surface area contributed by atoms with Crippen LogP contribution in [0.1, 0.15) is 16.8 Å². The summed E-state index contributed by atoms with van der Waals surface area (Å²) in [6.45, 7) is 3.72. The molecule has 1 aromatic rings. The molecule has 0 spiro atoms. The van der Waals surface area contributed by atoms with Gasteiger partial charge in [0.2, 0.25) is 0 Å². The Labute approximate surface area is 111 Å². The smallest absolute Gasteiger partial charge is 0.335 e. The second-order valence-electron chi connectivity index (χ2n) is 4.55. The van der Waals surface area contributed by atoms with Crippen molar-refractivity contribution in [3.63, 3.8) is 0 Å². The highest BCUT2D eigenvalue weighted by molar-refractivity contribution is 5.93. The van der Waals surface area contributed by atoms with Crippen molar-refractivity contribution in [2.24, 2.45) is 0 Å². The Bertz CT molecular complexity index is 465. The van der Waals surface area contributed by atoms with Gasteiger partial charge < -0.3 is 14.4 Å². The van der Waals surface area contributed by atoms with Gasteiger partial charge in [-0.3, -0.25) is 9.69 Å². The first-order valence-electron chi connectivity index (χ1n) is 6.42. The molecule has 0 aromatic carbocycles. The number of carbonyl (C=O) groups is 1. The molecule has 1 aromatic heterocycles. The maximum absolute atomic E-state index is 12.2. The van der Waals surface area contributed by atoms with Gasteiger partial charge in [-0.2, -0.15) is 0 Å². The van der Waals surface area contributed by atoms with Gasteiger partial charge in [-0.1, -0.05) is 0 Å². The monoisotopic (exact) mass is 266 g/mol. The summed E-state index contributed by atoms with van der Waals surface area (Å²) in [6, 6.07) is 2.74. The van der Waals surface area contributed by atoms with Gasteiger partial charge in [0.25, 0.3) is 5.91 Å². The number of rotatable bonds is 3. The Kier molecular flexibility index (Phi) is 4.70. The van der Waals surface area contributed by atoms with Crippen molar-refractivity contribution in [1.29, 1.82) is 0 Å². The van der Waals surface area contributed by atoms with Crippen LogP contribution in [0.2, 0.25) is 0 Å². The van der Waals surface area contributed by atoms with E-state index in [1.54, 1.807) is 4.90 Å². The maximum atomic E-state index is 12.2. The van der Waals surface area contributed by atoms with Gasteiger partial charge in [0.15, 0.2) is 0 Å². The van der Waals surface area contributed by atoms with Gasteiger partial charge >= 0.3 is 5.63 Å². The predicted octanol–water partition coefficient (Wildman–Crippen LogP) is -0.220. The van der Waals surface area contributed by atoms with E-state index in [0.717, 1.165) is 19.5 Å². The Hall–Kier alpha value is -1.66. The van der Waals surface area contributed by atoms with E-state index in [1.165, 1.54) is 18.4 Å². The quantitative estimate of drug-likeness (QED) is 0.818. The van der Waals surface area contributed by atoms with E-state index >= 15 is 0 Å². The highest BCUT2D eigenvalue weighted by Gasteiger charge is 2.20. The predicted molar refractivity (Wildman–Crippen MR) is 69.0 cm³/mol. The fourth-order valence-electron chi connectivity index (χ4n) is 2.20. The third-order valence-corrected chi connectivity index (χ3v) is 3.24. The molecule has 1 fully saturated rings. The molecule has 1 aliphatic heterocycles. The zero-order valence-electron chi connectivity index (χ0n) is 10.7. The molecule has 1 saturated heterocycles. The lowest BCUT2D eigenvalue weighted by molar-refractivity contribution is 0.0757. The van der Waals surface area contributed by atoms with Gasteiger partial charge in [-0.15, -0.1) is 0 Å². The minimum atomic E-state index is -0.457. The van der Waals surface area contributed by atoms with E-state index < -0.39 is 5.63 Å². The molecule has 0 saturated carbocycles. The Morgan fingerprint density at radius 1 is 1.26 bits per heavy atom. The van der Waals surface area contributed by atoms with Gasteiger partial charge in [0.1, 0.15) is 6.26 Å². The van der Waals surface area contributed by atoms with Gasteiger partial charge in [-0.25, -0.2) is 4.79 Å². The minimum Gasteiger partial charge on any atom is -0.430 e. The highest BCUT2D eigenvalue weighted by atomic mass is 16.4. The molecule has 0 aliphatic carbocycles. The first kappa shape index (κ1) is 13.8. The van der Waals surface area contributed by atoms with Crippen LogP contribution in [0.5, 0.6) is 0 Å². The summed E-state index contributed by atoms with van der Waals surface area (Å²) in [5.74, 6) is -0.116. The second kappa shape index (κ2) is 6.49. The van der Waals surface area contributed by atoms with Crippen molar-refractivity contribution in [3.05, 3.63) is 34.4 Å². The minimum absolute atomic E-state index is 0.116. The zero-order chi connectivity index (χ0) is 13.7. The summed E-state index contributed by atoms with van der Waals surface area (Å²) in [5, 5.41) is 8.93. The number of aliphatic hydroxyl groups excluding tert-OH is 1. The lowest BCUT2D eigenvalue weighted by atomic mass is 10.2. The first-order valence-corrected chi connectivity index (χ1v) is 6.42. The molecule has 0 radical (unpaired) electrons. The molecule has 104 valence electrons. The Morgan fingerprint density at radius 3 is 2.79 bits per heavy atom. The van der Waals surface area contributed by atoms with Crippen molar-refractivity contribution in [2.75, 3.05) is 39.3 Å². The number of hydrogen-bond donors (Lipinski definition) is 1. The van der Waals surface area contributed by atoms with Gasteiger partial charge in [0, 0.05) is 32.2 Å². The average Bonchev–Trinajstić information content (AvgIpc) is 2.65. The van der Waals surface area contributed by atoms with E-state index in [4.69, 9.17) is 9.52 Å². The lowest BCUT2D eigenvalue weighted by Crippen LogP contribution is -2.36. The second-order valence-corrected chi connectivity index (χ2v) is 4.55.